The molecule has 0 amide bonds. The van der Waals surface area contributed by atoms with Crippen LogP contribution in [0.3, 0.4) is 0 Å². The molecule has 96 valence electrons. The quantitative estimate of drug-likeness (QED) is 0.838. The van der Waals surface area contributed by atoms with Crippen molar-refractivity contribution >= 4 is 11.3 Å². The van der Waals surface area contributed by atoms with Crippen LogP contribution in [-0.4, -0.2) is 6.54 Å². The zero-order valence-corrected chi connectivity index (χ0v) is 11.7. The standard InChI is InChI=1S/C15H25NS/c1-2-12-5-6-14(11-16)13(10-12)7-8-15-4-3-9-17-15/h3-4,9,12-14H,2,5-8,10-11,16H2,1H3. The molecule has 1 saturated carbocycles. The normalized spacial score (nSPS) is 29.4. The summed E-state index contributed by atoms with van der Waals surface area (Å²) in [7, 11) is 0. The van der Waals surface area contributed by atoms with E-state index in [1.54, 1.807) is 4.88 Å². The molecule has 1 aromatic heterocycles. The van der Waals surface area contributed by atoms with E-state index in [1.807, 2.05) is 11.3 Å². The fourth-order valence-corrected chi connectivity index (χ4v) is 3.97. The van der Waals surface area contributed by atoms with Crippen molar-refractivity contribution < 1.29 is 0 Å². The molecule has 0 bridgehead atoms. The van der Waals surface area contributed by atoms with Gasteiger partial charge in [-0.3, -0.25) is 0 Å². The number of rotatable bonds is 5. The maximum absolute atomic E-state index is 5.93. The van der Waals surface area contributed by atoms with E-state index < -0.39 is 0 Å². The Morgan fingerprint density at radius 3 is 2.88 bits per heavy atom. The van der Waals surface area contributed by atoms with Crippen molar-refractivity contribution in [1.29, 1.82) is 0 Å². The van der Waals surface area contributed by atoms with Crippen LogP contribution in [-0.2, 0) is 6.42 Å². The molecule has 0 radical (unpaired) electrons. The summed E-state index contributed by atoms with van der Waals surface area (Å²) in [6.07, 6.45) is 8.16. The summed E-state index contributed by atoms with van der Waals surface area (Å²) in [5.41, 5.74) is 5.93. The number of hydrogen-bond donors (Lipinski definition) is 1. The molecule has 2 heteroatoms. The SMILES string of the molecule is CCC1CCC(CN)C(CCc2cccs2)C1. The largest absolute Gasteiger partial charge is 0.330 e. The van der Waals surface area contributed by atoms with Gasteiger partial charge in [0.1, 0.15) is 0 Å². The van der Waals surface area contributed by atoms with Crippen molar-refractivity contribution in [2.75, 3.05) is 6.54 Å². The summed E-state index contributed by atoms with van der Waals surface area (Å²) < 4.78 is 0. The van der Waals surface area contributed by atoms with E-state index in [9.17, 15) is 0 Å². The lowest BCUT2D eigenvalue weighted by Crippen LogP contribution is -2.30. The molecule has 0 aliphatic heterocycles. The Balaban J connectivity index is 1.86. The maximum atomic E-state index is 5.93. The average molecular weight is 251 g/mol. The van der Waals surface area contributed by atoms with Gasteiger partial charge in [0.15, 0.2) is 0 Å². The zero-order valence-electron chi connectivity index (χ0n) is 10.9. The van der Waals surface area contributed by atoms with Crippen LogP contribution < -0.4 is 5.73 Å². The van der Waals surface area contributed by atoms with E-state index >= 15 is 0 Å². The van der Waals surface area contributed by atoms with E-state index in [0.29, 0.717) is 0 Å². The molecule has 1 aliphatic carbocycles. The van der Waals surface area contributed by atoms with Gasteiger partial charge in [-0.25, -0.2) is 0 Å². The molecule has 2 rings (SSSR count). The van der Waals surface area contributed by atoms with E-state index in [1.165, 1.54) is 38.5 Å². The van der Waals surface area contributed by atoms with E-state index in [2.05, 4.69) is 24.4 Å². The Bertz CT molecular complexity index is 307. The van der Waals surface area contributed by atoms with Crippen LogP contribution in [0.4, 0.5) is 0 Å². The zero-order chi connectivity index (χ0) is 12.1. The average Bonchev–Trinajstić information content (AvgIpc) is 2.89. The molecule has 1 nitrogen and oxygen atoms in total. The first-order valence-corrected chi connectivity index (χ1v) is 7.93. The first-order chi connectivity index (χ1) is 8.33. The molecule has 2 N–H and O–H groups in total. The fourth-order valence-electron chi connectivity index (χ4n) is 3.24. The smallest absolute Gasteiger partial charge is 0.00453 e. The van der Waals surface area contributed by atoms with Gasteiger partial charge in [0.2, 0.25) is 0 Å². The van der Waals surface area contributed by atoms with Crippen molar-refractivity contribution in [1.82, 2.24) is 0 Å². The van der Waals surface area contributed by atoms with Crippen LogP contribution in [0.5, 0.6) is 0 Å². The summed E-state index contributed by atoms with van der Waals surface area (Å²) in [4.78, 5) is 1.54. The Morgan fingerprint density at radius 2 is 2.24 bits per heavy atom. The van der Waals surface area contributed by atoms with Gasteiger partial charge in [0, 0.05) is 4.88 Å². The summed E-state index contributed by atoms with van der Waals surface area (Å²) in [5, 5.41) is 2.19. The van der Waals surface area contributed by atoms with Gasteiger partial charge in [0.05, 0.1) is 0 Å². The molecule has 0 saturated heterocycles. The van der Waals surface area contributed by atoms with Crippen molar-refractivity contribution in [3.05, 3.63) is 22.4 Å². The highest BCUT2D eigenvalue weighted by Crippen LogP contribution is 2.37. The molecule has 1 aliphatic rings. The lowest BCUT2D eigenvalue weighted by atomic mass is 9.71. The van der Waals surface area contributed by atoms with Gasteiger partial charge in [0.25, 0.3) is 0 Å². The van der Waals surface area contributed by atoms with Crippen molar-refractivity contribution in [2.45, 2.75) is 45.4 Å². The van der Waals surface area contributed by atoms with Crippen molar-refractivity contribution in [2.24, 2.45) is 23.5 Å². The van der Waals surface area contributed by atoms with Crippen LogP contribution in [0, 0.1) is 17.8 Å². The third-order valence-corrected chi connectivity index (χ3v) is 5.41. The number of aryl methyl sites for hydroxylation is 1. The number of thiophene rings is 1. The third-order valence-electron chi connectivity index (χ3n) is 4.47. The van der Waals surface area contributed by atoms with Crippen LogP contribution in [0.1, 0.15) is 43.9 Å². The van der Waals surface area contributed by atoms with Gasteiger partial charge in [-0.1, -0.05) is 25.8 Å². The Morgan fingerprint density at radius 1 is 1.35 bits per heavy atom. The van der Waals surface area contributed by atoms with Crippen molar-refractivity contribution in [3.8, 4) is 0 Å². The molecule has 3 unspecified atom stereocenters. The van der Waals surface area contributed by atoms with Gasteiger partial charge < -0.3 is 5.73 Å². The predicted octanol–water partition coefficient (Wildman–Crippen LogP) is 4.08. The highest BCUT2D eigenvalue weighted by Gasteiger charge is 2.28. The van der Waals surface area contributed by atoms with E-state index in [0.717, 1.165) is 24.3 Å². The third kappa shape index (κ3) is 3.56. The lowest BCUT2D eigenvalue weighted by Gasteiger charge is -2.35. The number of hydrogen-bond acceptors (Lipinski definition) is 2. The minimum absolute atomic E-state index is 0.790. The molecule has 1 heterocycles. The highest BCUT2D eigenvalue weighted by molar-refractivity contribution is 7.09. The summed E-state index contributed by atoms with van der Waals surface area (Å²) in [6.45, 7) is 3.23. The summed E-state index contributed by atoms with van der Waals surface area (Å²) in [6, 6.07) is 4.43. The van der Waals surface area contributed by atoms with E-state index in [-0.39, 0.29) is 0 Å². The molecular formula is C15H25NS. The molecule has 17 heavy (non-hydrogen) atoms. The molecule has 3 atom stereocenters. The fraction of sp³-hybridized carbons (Fsp3) is 0.733. The maximum Gasteiger partial charge on any atom is 0.00453 e. The minimum atomic E-state index is 0.790. The second-order valence-electron chi connectivity index (χ2n) is 5.46. The second-order valence-corrected chi connectivity index (χ2v) is 6.49. The number of nitrogens with two attached hydrogens (primary N) is 1. The summed E-state index contributed by atoms with van der Waals surface area (Å²) in [5.74, 6) is 2.63. The van der Waals surface area contributed by atoms with Crippen LogP contribution >= 0.6 is 11.3 Å². The highest BCUT2D eigenvalue weighted by atomic mass is 32.1. The minimum Gasteiger partial charge on any atom is -0.330 e. The Labute approximate surface area is 109 Å². The predicted molar refractivity (Wildman–Crippen MR) is 76.3 cm³/mol. The van der Waals surface area contributed by atoms with Gasteiger partial charge >= 0.3 is 0 Å². The van der Waals surface area contributed by atoms with Gasteiger partial charge in [-0.2, -0.15) is 0 Å². The lowest BCUT2D eigenvalue weighted by molar-refractivity contribution is 0.172. The molecule has 0 aromatic carbocycles. The van der Waals surface area contributed by atoms with Crippen LogP contribution in [0.2, 0.25) is 0 Å². The second kappa shape index (κ2) is 6.55. The first kappa shape index (κ1) is 13.1. The van der Waals surface area contributed by atoms with E-state index in [4.69, 9.17) is 5.73 Å². The topological polar surface area (TPSA) is 26.0 Å². The molecule has 1 aromatic rings. The van der Waals surface area contributed by atoms with Gasteiger partial charge in [-0.15, -0.1) is 11.3 Å². The monoisotopic (exact) mass is 251 g/mol. The van der Waals surface area contributed by atoms with Crippen LogP contribution in [0.15, 0.2) is 17.5 Å². The first-order valence-electron chi connectivity index (χ1n) is 7.06. The van der Waals surface area contributed by atoms with Crippen molar-refractivity contribution in [3.63, 3.8) is 0 Å². The molecular weight excluding hydrogens is 226 g/mol. The molecule has 0 spiro atoms. The Hall–Kier alpha value is -0.340. The van der Waals surface area contributed by atoms with Crippen LogP contribution in [0.25, 0.3) is 0 Å². The molecule has 1 fully saturated rings. The summed E-state index contributed by atoms with van der Waals surface area (Å²) >= 11 is 1.90. The van der Waals surface area contributed by atoms with Gasteiger partial charge in [-0.05, 0) is 61.4 Å². The Kier molecular flexibility index (Phi) is 5.05.